The third-order valence-corrected chi connectivity index (χ3v) is 18.8. The quantitative estimate of drug-likeness (QED) is 0.0533. The molecule has 0 saturated carbocycles. The summed E-state index contributed by atoms with van der Waals surface area (Å²) in [5.41, 5.74) is 0.615. The predicted octanol–water partition coefficient (Wildman–Crippen LogP) is 28.8. The fraction of sp³-hybridized carbons (Fsp3) is 1.00. The van der Waals surface area contributed by atoms with Crippen LogP contribution in [0.5, 0.6) is 0 Å². The van der Waals surface area contributed by atoms with Crippen LogP contribution in [0.2, 0.25) is 0 Å². The Kier molecular flexibility index (Phi) is 65.5. The summed E-state index contributed by atoms with van der Waals surface area (Å²) in [6, 6.07) is 0. The first-order valence-corrected chi connectivity index (χ1v) is 36.7. The third-order valence-electron chi connectivity index (χ3n) is 18.8. The van der Waals surface area contributed by atoms with Gasteiger partial charge in [-0.2, -0.15) is 0 Å². The second-order valence-electron chi connectivity index (χ2n) is 26.0. The van der Waals surface area contributed by atoms with Gasteiger partial charge in [0.2, 0.25) is 0 Å². The summed E-state index contributed by atoms with van der Waals surface area (Å²) in [7, 11) is 0. The standard InChI is InChI=1S/C74H150/c1-6-11-16-21-26-31-36-40-43-47-52-57-62-67-72-74(70-65-60-55-50-45-39-34-29-24-19-14-9-4,71-66-61-56-51-46-42-38-33-28-23-18-13-8-3)73(68-63-58-53-48-35-30-25-20-15-10-5)69-64-59-54-49-44-41-37-32-27-22-17-12-7-2/h73H,6-72H2,1-5H3. The van der Waals surface area contributed by atoms with Gasteiger partial charge in [0.25, 0.3) is 0 Å². The molecule has 0 nitrogen and oxygen atoms in total. The van der Waals surface area contributed by atoms with E-state index in [1.54, 1.807) is 32.1 Å². The topological polar surface area (TPSA) is 0 Å². The molecule has 0 rings (SSSR count). The van der Waals surface area contributed by atoms with E-state index in [0.29, 0.717) is 5.41 Å². The predicted molar refractivity (Wildman–Crippen MR) is 344 cm³/mol. The number of hydrogen-bond acceptors (Lipinski definition) is 0. The Morgan fingerprint density at radius 2 is 0.270 bits per heavy atom. The number of hydrogen-bond donors (Lipinski definition) is 0. The average molecular weight is 1040 g/mol. The second kappa shape index (κ2) is 65.5. The molecule has 0 aromatic rings. The molecule has 2 unspecified atom stereocenters. The van der Waals surface area contributed by atoms with Gasteiger partial charge >= 0.3 is 0 Å². The Hall–Kier alpha value is 0. The minimum absolute atomic E-state index is 0.615. The van der Waals surface area contributed by atoms with Crippen LogP contribution in [0, 0.1) is 11.3 Å². The van der Waals surface area contributed by atoms with E-state index >= 15 is 0 Å². The third kappa shape index (κ3) is 55.3. The van der Waals surface area contributed by atoms with E-state index in [0.717, 1.165) is 5.92 Å². The first kappa shape index (κ1) is 74.0. The molecule has 0 aliphatic carbocycles. The Labute approximate surface area is 473 Å². The van der Waals surface area contributed by atoms with Gasteiger partial charge in [-0.25, -0.2) is 0 Å². The molecule has 74 heavy (non-hydrogen) atoms. The molecule has 0 amide bonds. The lowest BCUT2D eigenvalue weighted by molar-refractivity contribution is 0.0813. The molecule has 0 bridgehead atoms. The lowest BCUT2D eigenvalue weighted by atomic mass is 9.62. The van der Waals surface area contributed by atoms with Crippen molar-refractivity contribution in [3.63, 3.8) is 0 Å². The highest BCUT2D eigenvalue weighted by atomic mass is 14.4. The molecule has 0 heteroatoms. The maximum Gasteiger partial charge on any atom is -0.0269 e. The fourth-order valence-electron chi connectivity index (χ4n) is 13.5. The van der Waals surface area contributed by atoms with Crippen LogP contribution in [0.3, 0.4) is 0 Å². The molecule has 446 valence electrons. The molecular formula is C74H150. The van der Waals surface area contributed by atoms with Gasteiger partial charge in [-0.15, -0.1) is 0 Å². The second-order valence-corrected chi connectivity index (χ2v) is 26.0. The normalized spacial score (nSPS) is 13.1. The first-order valence-electron chi connectivity index (χ1n) is 36.7. The van der Waals surface area contributed by atoms with Crippen LogP contribution < -0.4 is 0 Å². The zero-order valence-electron chi connectivity index (χ0n) is 53.5. The van der Waals surface area contributed by atoms with E-state index in [4.69, 9.17) is 0 Å². The van der Waals surface area contributed by atoms with Crippen LogP contribution in [0.1, 0.15) is 465 Å². The highest BCUT2D eigenvalue weighted by Crippen LogP contribution is 2.48. The molecule has 0 heterocycles. The number of unbranched alkanes of at least 4 members (excludes halogenated alkanes) is 57. The van der Waals surface area contributed by atoms with Crippen molar-refractivity contribution in [2.75, 3.05) is 0 Å². The lowest BCUT2D eigenvalue weighted by Gasteiger charge is -2.43. The van der Waals surface area contributed by atoms with Crippen molar-refractivity contribution >= 4 is 0 Å². The molecule has 0 aliphatic heterocycles. The first-order chi connectivity index (χ1) is 36.7. The van der Waals surface area contributed by atoms with Gasteiger partial charge in [-0.05, 0) is 43.4 Å². The van der Waals surface area contributed by atoms with Crippen LogP contribution in [0.25, 0.3) is 0 Å². The maximum atomic E-state index is 2.36. The molecule has 0 aliphatic rings. The highest BCUT2D eigenvalue weighted by Gasteiger charge is 2.36. The van der Waals surface area contributed by atoms with Gasteiger partial charge < -0.3 is 0 Å². The Morgan fingerprint density at radius 3 is 0.419 bits per heavy atom. The molecule has 0 aromatic heterocycles. The van der Waals surface area contributed by atoms with Gasteiger partial charge in [0.1, 0.15) is 0 Å². The largest absolute Gasteiger partial charge is 0.0654 e. The van der Waals surface area contributed by atoms with E-state index in [2.05, 4.69) is 34.6 Å². The van der Waals surface area contributed by atoms with Crippen molar-refractivity contribution in [3.05, 3.63) is 0 Å². The van der Waals surface area contributed by atoms with E-state index < -0.39 is 0 Å². The van der Waals surface area contributed by atoms with Crippen molar-refractivity contribution in [1.29, 1.82) is 0 Å². The van der Waals surface area contributed by atoms with Crippen molar-refractivity contribution in [3.8, 4) is 0 Å². The summed E-state index contributed by atoms with van der Waals surface area (Å²) in [5.74, 6) is 0.983. The smallest absolute Gasteiger partial charge is 0.0269 e. The van der Waals surface area contributed by atoms with Gasteiger partial charge in [-0.3, -0.25) is 0 Å². The summed E-state index contributed by atoms with van der Waals surface area (Å²) in [4.78, 5) is 0. The Morgan fingerprint density at radius 1 is 0.149 bits per heavy atom. The molecule has 0 saturated heterocycles. The van der Waals surface area contributed by atoms with Gasteiger partial charge in [0, 0.05) is 0 Å². The fourth-order valence-corrected chi connectivity index (χ4v) is 13.5. The van der Waals surface area contributed by atoms with Crippen LogP contribution in [-0.4, -0.2) is 0 Å². The molecule has 0 radical (unpaired) electrons. The number of rotatable bonds is 68. The van der Waals surface area contributed by atoms with Crippen LogP contribution in [0.4, 0.5) is 0 Å². The van der Waals surface area contributed by atoms with E-state index in [1.807, 2.05) is 0 Å². The summed E-state index contributed by atoms with van der Waals surface area (Å²) in [5, 5.41) is 0. The molecule has 0 N–H and O–H groups in total. The van der Waals surface area contributed by atoms with Crippen LogP contribution in [0.15, 0.2) is 0 Å². The minimum atomic E-state index is 0.615. The van der Waals surface area contributed by atoms with E-state index in [9.17, 15) is 0 Å². The van der Waals surface area contributed by atoms with Crippen molar-refractivity contribution in [1.82, 2.24) is 0 Å². The SMILES string of the molecule is CCCCCCCCCCCCCCCCC(CCCCCCCCCCCCCC)(CCCCCCCCCCCCCCC)C(CCCCCCCCCCCC)CCCCCCCCCCCCCCC. The van der Waals surface area contributed by atoms with Gasteiger partial charge in [0.05, 0.1) is 0 Å². The van der Waals surface area contributed by atoms with Crippen LogP contribution in [-0.2, 0) is 0 Å². The molecule has 0 aromatic carbocycles. The minimum Gasteiger partial charge on any atom is -0.0654 e. The summed E-state index contributed by atoms with van der Waals surface area (Å²) < 4.78 is 0. The van der Waals surface area contributed by atoms with Crippen molar-refractivity contribution < 1.29 is 0 Å². The zero-order chi connectivity index (χ0) is 53.5. The highest BCUT2D eigenvalue weighted by molar-refractivity contribution is 4.87. The van der Waals surface area contributed by atoms with Gasteiger partial charge in [0.15, 0.2) is 0 Å². The van der Waals surface area contributed by atoms with E-state index in [1.165, 1.54) is 398 Å². The summed E-state index contributed by atoms with van der Waals surface area (Å²) in [6.45, 7) is 11.7. The van der Waals surface area contributed by atoms with Gasteiger partial charge in [-0.1, -0.05) is 433 Å². The van der Waals surface area contributed by atoms with Crippen LogP contribution >= 0.6 is 0 Å². The maximum absolute atomic E-state index is 2.36. The van der Waals surface area contributed by atoms with Crippen molar-refractivity contribution in [2.45, 2.75) is 465 Å². The van der Waals surface area contributed by atoms with Crippen molar-refractivity contribution in [2.24, 2.45) is 11.3 Å². The molecule has 0 spiro atoms. The lowest BCUT2D eigenvalue weighted by Crippen LogP contribution is -2.32. The Balaban J connectivity index is 5.83. The average Bonchev–Trinajstić information content (AvgIpc) is 3.41. The molecule has 2 atom stereocenters. The molecular weight excluding hydrogens is 889 g/mol. The van der Waals surface area contributed by atoms with E-state index in [-0.39, 0.29) is 0 Å². The summed E-state index contributed by atoms with van der Waals surface area (Å²) in [6.07, 6.45) is 99.7. The summed E-state index contributed by atoms with van der Waals surface area (Å²) >= 11 is 0. The Bertz CT molecular complexity index is 950. The zero-order valence-corrected chi connectivity index (χ0v) is 53.5. The monoisotopic (exact) mass is 1040 g/mol. The molecule has 0 fully saturated rings.